The Morgan fingerprint density at radius 2 is 1.78 bits per heavy atom. The minimum atomic E-state index is 0.0718. The molecule has 4 aromatic rings. The molecule has 0 atom stereocenters. The normalized spacial score (nSPS) is 11.0. The van der Waals surface area contributed by atoms with Crippen molar-refractivity contribution in [3.63, 3.8) is 0 Å². The smallest absolute Gasteiger partial charge is 0.141 e. The van der Waals surface area contributed by atoms with Gasteiger partial charge in [-0.05, 0) is 18.1 Å². The average Bonchev–Trinajstić information content (AvgIpc) is 3.13. The fourth-order valence-corrected chi connectivity index (χ4v) is 4.14. The van der Waals surface area contributed by atoms with Crippen LogP contribution < -0.4 is 4.90 Å². The third kappa shape index (κ3) is 3.70. The lowest BCUT2D eigenvalue weighted by atomic mass is 10.0. The van der Waals surface area contributed by atoms with Crippen molar-refractivity contribution in [3.05, 3.63) is 77.4 Å². The number of hydrogen-bond donors (Lipinski definition) is 1. The van der Waals surface area contributed by atoms with Crippen LogP contribution in [-0.4, -0.2) is 28.2 Å². The zero-order chi connectivity index (χ0) is 18.6. The third-order valence-electron chi connectivity index (χ3n) is 4.60. The molecule has 0 amide bonds. The molecule has 0 aliphatic rings. The largest absolute Gasteiger partial charge is 0.395 e. The van der Waals surface area contributed by atoms with E-state index in [9.17, 15) is 5.11 Å². The Hall–Kier alpha value is -2.76. The number of aliphatic hydroxyl groups excluding tert-OH is 1. The predicted molar refractivity (Wildman–Crippen MR) is 112 cm³/mol. The van der Waals surface area contributed by atoms with Gasteiger partial charge in [-0.3, -0.25) is 0 Å². The van der Waals surface area contributed by atoms with Crippen molar-refractivity contribution < 1.29 is 5.11 Å². The monoisotopic (exact) mass is 375 g/mol. The van der Waals surface area contributed by atoms with E-state index in [4.69, 9.17) is 0 Å². The second-order valence-electron chi connectivity index (χ2n) is 6.52. The molecule has 27 heavy (non-hydrogen) atoms. The van der Waals surface area contributed by atoms with Crippen molar-refractivity contribution in [1.29, 1.82) is 0 Å². The van der Waals surface area contributed by atoms with Crippen LogP contribution in [0.5, 0.6) is 0 Å². The lowest BCUT2D eigenvalue weighted by Gasteiger charge is -2.24. The summed E-state index contributed by atoms with van der Waals surface area (Å²) < 4.78 is 0. The van der Waals surface area contributed by atoms with Crippen LogP contribution in [0.4, 0.5) is 5.82 Å². The summed E-state index contributed by atoms with van der Waals surface area (Å²) in [6.45, 7) is 3.37. The molecule has 0 spiro atoms. The van der Waals surface area contributed by atoms with Crippen LogP contribution in [0.15, 0.2) is 66.3 Å². The van der Waals surface area contributed by atoms with Crippen molar-refractivity contribution in [1.82, 2.24) is 9.97 Å². The maximum absolute atomic E-state index is 9.63. The predicted octanol–water partition coefficient (Wildman–Crippen LogP) is 4.67. The van der Waals surface area contributed by atoms with Gasteiger partial charge in [0.05, 0.1) is 12.0 Å². The van der Waals surface area contributed by atoms with Gasteiger partial charge in [0.15, 0.2) is 0 Å². The molecule has 0 fully saturated rings. The topological polar surface area (TPSA) is 49.2 Å². The van der Waals surface area contributed by atoms with E-state index in [0.717, 1.165) is 27.2 Å². The Bertz CT molecular complexity index is 1030. The maximum atomic E-state index is 9.63. The standard InChI is InChI=1S/C22H21N3OS/c1-16-7-9-18(10-8-16)19-14-27-22-20(19)21(23-15-24-22)25(11-12-26)13-17-5-3-2-4-6-17/h2-10,14-15,26H,11-13H2,1H3. The third-order valence-corrected chi connectivity index (χ3v) is 5.48. The average molecular weight is 375 g/mol. The van der Waals surface area contributed by atoms with Crippen molar-refractivity contribution >= 4 is 27.4 Å². The lowest BCUT2D eigenvalue weighted by molar-refractivity contribution is 0.301. The van der Waals surface area contributed by atoms with E-state index >= 15 is 0 Å². The molecule has 4 rings (SSSR count). The molecule has 1 N–H and O–H groups in total. The first kappa shape index (κ1) is 17.6. The van der Waals surface area contributed by atoms with E-state index in [0.29, 0.717) is 13.1 Å². The van der Waals surface area contributed by atoms with E-state index in [-0.39, 0.29) is 6.61 Å². The van der Waals surface area contributed by atoms with Gasteiger partial charge in [0, 0.05) is 24.0 Å². The summed E-state index contributed by atoms with van der Waals surface area (Å²) in [5, 5.41) is 12.8. The van der Waals surface area contributed by atoms with Crippen molar-refractivity contribution in [2.45, 2.75) is 13.5 Å². The molecule has 2 aromatic carbocycles. The highest BCUT2D eigenvalue weighted by Gasteiger charge is 2.18. The molecule has 0 aliphatic carbocycles. The van der Waals surface area contributed by atoms with Gasteiger partial charge in [0.1, 0.15) is 17.0 Å². The van der Waals surface area contributed by atoms with Gasteiger partial charge >= 0.3 is 0 Å². The number of rotatable bonds is 6. The quantitative estimate of drug-likeness (QED) is 0.532. The molecule has 4 nitrogen and oxygen atoms in total. The van der Waals surface area contributed by atoms with Crippen molar-refractivity contribution in [2.75, 3.05) is 18.1 Å². The number of hydrogen-bond acceptors (Lipinski definition) is 5. The van der Waals surface area contributed by atoms with Gasteiger partial charge in [0.25, 0.3) is 0 Å². The van der Waals surface area contributed by atoms with E-state index in [1.807, 2.05) is 18.2 Å². The van der Waals surface area contributed by atoms with Gasteiger partial charge in [-0.2, -0.15) is 0 Å². The van der Waals surface area contributed by atoms with Crippen LogP contribution in [0.1, 0.15) is 11.1 Å². The van der Waals surface area contributed by atoms with Crippen LogP contribution in [0.3, 0.4) is 0 Å². The summed E-state index contributed by atoms with van der Waals surface area (Å²) in [6, 6.07) is 18.8. The van der Waals surface area contributed by atoms with Gasteiger partial charge in [-0.1, -0.05) is 60.2 Å². The summed E-state index contributed by atoms with van der Waals surface area (Å²) in [4.78, 5) is 12.2. The maximum Gasteiger partial charge on any atom is 0.141 e. The van der Waals surface area contributed by atoms with Crippen molar-refractivity contribution in [3.8, 4) is 11.1 Å². The molecular formula is C22H21N3OS. The Balaban J connectivity index is 1.81. The number of thiophene rings is 1. The first-order valence-corrected chi connectivity index (χ1v) is 9.83. The zero-order valence-corrected chi connectivity index (χ0v) is 16.0. The summed E-state index contributed by atoms with van der Waals surface area (Å²) >= 11 is 1.63. The molecule has 0 bridgehead atoms. The molecule has 0 radical (unpaired) electrons. The highest BCUT2D eigenvalue weighted by atomic mass is 32.1. The van der Waals surface area contributed by atoms with Crippen molar-refractivity contribution in [2.24, 2.45) is 0 Å². The summed E-state index contributed by atoms with van der Waals surface area (Å²) in [5.74, 6) is 0.870. The number of anilines is 1. The summed E-state index contributed by atoms with van der Waals surface area (Å²) in [5.41, 5.74) is 4.72. The van der Waals surface area contributed by atoms with E-state index < -0.39 is 0 Å². The van der Waals surface area contributed by atoms with E-state index in [1.165, 1.54) is 11.1 Å². The fraction of sp³-hybridized carbons (Fsp3) is 0.182. The van der Waals surface area contributed by atoms with Crippen LogP contribution in [0.2, 0.25) is 0 Å². The molecule has 0 saturated carbocycles. The number of aliphatic hydroxyl groups is 1. The molecule has 0 aliphatic heterocycles. The molecule has 5 heteroatoms. The van der Waals surface area contributed by atoms with Crippen LogP contribution in [0.25, 0.3) is 21.3 Å². The minimum Gasteiger partial charge on any atom is -0.395 e. The first-order chi connectivity index (χ1) is 13.3. The molecule has 136 valence electrons. The summed E-state index contributed by atoms with van der Waals surface area (Å²) in [6.07, 6.45) is 1.61. The molecule has 0 unspecified atom stereocenters. The highest BCUT2D eigenvalue weighted by Crippen LogP contribution is 2.38. The second-order valence-corrected chi connectivity index (χ2v) is 7.38. The van der Waals surface area contributed by atoms with E-state index in [1.54, 1.807) is 17.7 Å². The van der Waals surface area contributed by atoms with E-state index in [2.05, 4.69) is 63.6 Å². The molecule has 2 aromatic heterocycles. The Kier molecular flexibility index (Phi) is 5.14. The fourth-order valence-electron chi connectivity index (χ4n) is 3.23. The van der Waals surface area contributed by atoms with Gasteiger partial charge in [-0.15, -0.1) is 11.3 Å². The molecule has 0 saturated heterocycles. The van der Waals surface area contributed by atoms with Crippen LogP contribution in [-0.2, 0) is 6.54 Å². The Morgan fingerprint density at radius 1 is 1.00 bits per heavy atom. The SMILES string of the molecule is Cc1ccc(-c2csc3ncnc(N(CCO)Cc4ccccc4)c23)cc1. The lowest BCUT2D eigenvalue weighted by Crippen LogP contribution is -2.27. The van der Waals surface area contributed by atoms with Gasteiger partial charge in [0.2, 0.25) is 0 Å². The number of benzene rings is 2. The number of aromatic nitrogens is 2. The zero-order valence-electron chi connectivity index (χ0n) is 15.2. The number of nitrogens with zero attached hydrogens (tertiary/aromatic N) is 3. The highest BCUT2D eigenvalue weighted by molar-refractivity contribution is 7.17. The minimum absolute atomic E-state index is 0.0718. The molecule has 2 heterocycles. The van der Waals surface area contributed by atoms with Crippen LogP contribution in [0, 0.1) is 6.92 Å². The van der Waals surface area contributed by atoms with Gasteiger partial charge < -0.3 is 10.0 Å². The number of aryl methyl sites for hydroxylation is 1. The molecular weight excluding hydrogens is 354 g/mol. The second kappa shape index (κ2) is 7.86. The Labute approximate surface area is 162 Å². The Morgan fingerprint density at radius 3 is 2.52 bits per heavy atom. The van der Waals surface area contributed by atoms with Gasteiger partial charge in [-0.25, -0.2) is 9.97 Å². The first-order valence-electron chi connectivity index (χ1n) is 8.95. The number of fused-ring (bicyclic) bond motifs is 1. The van der Waals surface area contributed by atoms with Crippen LogP contribution >= 0.6 is 11.3 Å². The summed E-state index contributed by atoms with van der Waals surface area (Å²) in [7, 11) is 0.